The SMILES string of the molecule is CN1CC(=O)N2Cc3c(c4ccccc4n3Cc3ccc(C(=O)O)cc3)C(C2)C1=O. The molecule has 2 bridgehead atoms. The van der Waals surface area contributed by atoms with E-state index in [1.807, 2.05) is 36.4 Å². The number of amides is 2. The van der Waals surface area contributed by atoms with Crippen molar-refractivity contribution in [2.24, 2.45) is 0 Å². The van der Waals surface area contributed by atoms with Crippen LogP contribution in [0.15, 0.2) is 48.5 Å². The van der Waals surface area contributed by atoms with Gasteiger partial charge in [-0.25, -0.2) is 4.79 Å². The fourth-order valence-electron chi connectivity index (χ4n) is 4.65. The van der Waals surface area contributed by atoms with Gasteiger partial charge < -0.3 is 19.5 Å². The van der Waals surface area contributed by atoms with Gasteiger partial charge in [0.05, 0.1) is 24.6 Å². The Balaban J connectivity index is 1.66. The van der Waals surface area contributed by atoms with Gasteiger partial charge in [-0.2, -0.15) is 0 Å². The Bertz CT molecular complexity index is 1200. The predicted octanol–water partition coefficient (Wildman–Crippen LogP) is 2.29. The van der Waals surface area contributed by atoms with Gasteiger partial charge in [-0.1, -0.05) is 30.3 Å². The summed E-state index contributed by atoms with van der Waals surface area (Å²) in [6.45, 7) is 1.52. The monoisotopic (exact) mass is 403 g/mol. The van der Waals surface area contributed by atoms with Crippen LogP contribution in [-0.4, -0.2) is 57.4 Å². The normalized spacial score (nSPS) is 18.5. The van der Waals surface area contributed by atoms with Crippen LogP contribution < -0.4 is 0 Å². The van der Waals surface area contributed by atoms with Crippen LogP contribution in [0.4, 0.5) is 0 Å². The number of para-hydroxylation sites is 1. The molecule has 0 saturated carbocycles. The smallest absolute Gasteiger partial charge is 0.335 e. The first-order valence-electron chi connectivity index (χ1n) is 9.89. The number of carbonyl (C=O) groups is 3. The Morgan fingerprint density at radius 2 is 1.80 bits per heavy atom. The summed E-state index contributed by atoms with van der Waals surface area (Å²) in [6, 6.07) is 14.8. The second kappa shape index (κ2) is 6.73. The summed E-state index contributed by atoms with van der Waals surface area (Å²) in [5, 5.41) is 10.2. The Hall–Kier alpha value is -3.61. The first kappa shape index (κ1) is 18.4. The van der Waals surface area contributed by atoms with Crippen LogP contribution in [0, 0.1) is 0 Å². The van der Waals surface area contributed by atoms with Gasteiger partial charge in [-0.3, -0.25) is 9.59 Å². The summed E-state index contributed by atoms with van der Waals surface area (Å²) >= 11 is 0. The Morgan fingerprint density at radius 3 is 2.53 bits per heavy atom. The molecule has 5 rings (SSSR count). The van der Waals surface area contributed by atoms with Gasteiger partial charge in [-0.15, -0.1) is 0 Å². The highest BCUT2D eigenvalue weighted by Gasteiger charge is 2.41. The molecule has 0 aliphatic carbocycles. The van der Waals surface area contributed by atoms with E-state index in [9.17, 15) is 14.4 Å². The van der Waals surface area contributed by atoms with Crippen molar-refractivity contribution in [3.63, 3.8) is 0 Å². The topological polar surface area (TPSA) is 82.8 Å². The molecule has 1 unspecified atom stereocenters. The molecular formula is C23H21N3O4. The molecule has 3 aromatic rings. The molecule has 7 nitrogen and oxygen atoms in total. The average Bonchev–Trinajstić information content (AvgIpc) is 3.02. The maximum absolute atomic E-state index is 13.1. The van der Waals surface area contributed by atoms with Gasteiger partial charge in [0, 0.05) is 36.7 Å². The van der Waals surface area contributed by atoms with Crippen LogP contribution in [0.2, 0.25) is 0 Å². The van der Waals surface area contributed by atoms with Crippen LogP contribution in [0.25, 0.3) is 10.9 Å². The zero-order valence-electron chi connectivity index (χ0n) is 16.5. The van der Waals surface area contributed by atoms with E-state index in [0.29, 0.717) is 19.6 Å². The number of carboxylic acids is 1. The molecule has 0 spiro atoms. The maximum atomic E-state index is 13.1. The molecule has 1 atom stereocenters. The maximum Gasteiger partial charge on any atom is 0.335 e. The molecule has 2 amide bonds. The highest BCUT2D eigenvalue weighted by molar-refractivity contribution is 5.98. The van der Waals surface area contributed by atoms with Crippen molar-refractivity contribution >= 4 is 28.7 Å². The second-order valence-electron chi connectivity index (χ2n) is 7.99. The second-order valence-corrected chi connectivity index (χ2v) is 7.99. The minimum absolute atomic E-state index is 0.0273. The van der Waals surface area contributed by atoms with Crippen LogP contribution in [0.1, 0.15) is 33.1 Å². The lowest BCUT2D eigenvalue weighted by molar-refractivity contribution is -0.135. The molecule has 0 radical (unpaired) electrons. The number of aromatic carboxylic acids is 1. The Morgan fingerprint density at radius 1 is 1.07 bits per heavy atom. The van der Waals surface area contributed by atoms with Crippen molar-refractivity contribution in [3.05, 3.63) is 70.9 Å². The first-order chi connectivity index (χ1) is 14.4. The van der Waals surface area contributed by atoms with Crippen molar-refractivity contribution in [2.75, 3.05) is 20.1 Å². The van der Waals surface area contributed by atoms with Gasteiger partial charge in [0.25, 0.3) is 0 Å². The van der Waals surface area contributed by atoms with Gasteiger partial charge in [-0.05, 0) is 29.3 Å². The standard InChI is InChI=1S/C23H21N3O4/c1-24-13-20(27)25-11-17(22(24)28)21-16-4-2-3-5-18(16)26(19(21)12-25)10-14-6-8-15(9-7-14)23(29)30/h2-9,17H,10-13H2,1H3,(H,29,30). The number of aromatic nitrogens is 1. The lowest BCUT2D eigenvalue weighted by Crippen LogP contribution is -2.38. The summed E-state index contributed by atoms with van der Waals surface area (Å²) < 4.78 is 2.16. The van der Waals surface area contributed by atoms with Gasteiger partial charge in [0.2, 0.25) is 11.8 Å². The van der Waals surface area contributed by atoms with Crippen molar-refractivity contribution in [1.29, 1.82) is 0 Å². The summed E-state index contributed by atoms with van der Waals surface area (Å²) in [5.41, 5.74) is 4.21. The van der Waals surface area contributed by atoms with Crippen LogP contribution in [0.3, 0.4) is 0 Å². The van der Waals surface area contributed by atoms with E-state index in [4.69, 9.17) is 5.11 Å². The minimum Gasteiger partial charge on any atom is -0.478 e. The number of nitrogens with zero attached hydrogens (tertiary/aromatic N) is 3. The highest BCUT2D eigenvalue weighted by atomic mass is 16.4. The Kier molecular flexibility index (Phi) is 4.13. The van der Waals surface area contributed by atoms with Crippen molar-refractivity contribution in [2.45, 2.75) is 19.0 Å². The first-order valence-corrected chi connectivity index (χ1v) is 9.89. The summed E-state index contributed by atoms with van der Waals surface area (Å²) in [6.07, 6.45) is 0. The fourth-order valence-corrected chi connectivity index (χ4v) is 4.65. The third kappa shape index (κ3) is 2.77. The molecule has 2 aliphatic heterocycles. The molecule has 1 fully saturated rings. The predicted molar refractivity (Wildman–Crippen MR) is 110 cm³/mol. The molecular weight excluding hydrogens is 382 g/mol. The zero-order valence-corrected chi connectivity index (χ0v) is 16.5. The van der Waals surface area contributed by atoms with Crippen LogP contribution in [0.5, 0.6) is 0 Å². The molecule has 1 aromatic heterocycles. The molecule has 30 heavy (non-hydrogen) atoms. The average molecular weight is 403 g/mol. The van der Waals surface area contributed by atoms with Gasteiger partial charge >= 0.3 is 5.97 Å². The number of carboxylic acid groups (broad SMARTS) is 1. The molecule has 7 heteroatoms. The highest BCUT2D eigenvalue weighted by Crippen LogP contribution is 2.39. The van der Waals surface area contributed by atoms with Crippen molar-refractivity contribution < 1.29 is 19.5 Å². The van der Waals surface area contributed by atoms with E-state index in [0.717, 1.165) is 27.7 Å². The van der Waals surface area contributed by atoms with E-state index >= 15 is 0 Å². The largest absolute Gasteiger partial charge is 0.478 e. The number of likely N-dealkylation sites (N-methyl/N-ethyl adjacent to an activating group) is 1. The molecule has 1 N–H and O–H groups in total. The molecule has 152 valence electrons. The van der Waals surface area contributed by atoms with Crippen molar-refractivity contribution in [3.8, 4) is 0 Å². The van der Waals surface area contributed by atoms with E-state index in [1.165, 1.54) is 4.90 Å². The Labute approximate surface area is 173 Å². The van der Waals surface area contributed by atoms with Crippen LogP contribution in [-0.2, 0) is 22.7 Å². The van der Waals surface area contributed by atoms with E-state index in [-0.39, 0.29) is 29.8 Å². The lowest BCUT2D eigenvalue weighted by Gasteiger charge is -2.30. The number of hydrogen-bond acceptors (Lipinski definition) is 3. The molecule has 1 saturated heterocycles. The third-order valence-corrected chi connectivity index (χ3v) is 6.15. The van der Waals surface area contributed by atoms with Crippen molar-refractivity contribution in [1.82, 2.24) is 14.4 Å². The number of fused-ring (bicyclic) bond motifs is 6. The molecule has 2 aliphatic rings. The summed E-state index contributed by atoms with van der Waals surface area (Å²) in [5.74, 6) is -1.39. The minimum atomic E-state index is -0.955. The van der Waals surface area contributed by atoms with Crippen LogP contribution >= 0.6 is 0 Å². The molecule has 2 aromatic carbocycles. The number of rotatable bonds is 3. The van der Waals surface area contributed by atoms with Gasteiger partial charge in [0.15, 0.2) is 0 Å². The zero-order chi connectivity index (χ0) is 21.0. The summed E-state index contributed by atoms with van der Waals surface area (Å²) in [7, 11) is 1.69. The fraction of sp³-hybridized carbons (Fsp3) is 0.261. The number of hydrogen-bond donors (Lipinski definition) is 1. The number of carbonyl (C=O) groups excluding carboxylic acids is 2. The van der Waals surface area contributed by atoms with E-state index < -0.39 is 5.97 Å². The number of benzene rings is 2. The van der Waals surface area contributed by atoms with E-state index in [1.54, 1.807) is 24.1 Å². The lowest BCUT2D eigenvalue weighted by atomic mass is 9.91. The van der Waals surface area contributed by atoms with Gasteiger partial charge in [0.1, 0.15) is 0 Å². The van der Waals surface area contributed by atoms with E-state index in [2.05, 4.69) is 4.57 Å². The summed E-state index contributed by atoms with van der Waals surface area (Å²) in [4.78, 5) is 40.2. The third-order valence-electron chi connectivity index (χ3n) is 6.15. The quantitative estimate of drug-likeness (QED) is 0.727. The molecule has 3 heterocycles.